The van der Waals surface area contributed by atoms with Crippen LogP contribution in [0.25, 0.3) is 32.9 Å². The molecule has 0 amide bonds. The highest BCUT2D eigenvalue weighted by Gasteiger charge is 2.14. The highest BCUT2D eigenvalue weighted by atomic mass is 15.1. The fourth-order valence-electron chi connectivity index (χ4n) is 4.54. The van der Waals surface area contributed by atoms with Crippen molar-refractivity contribution in [3.8, 4) is 11.3 Å². The molecule has 0 N–H and O–H groups in total. The zero-order valence-electron chi connectivity index (χ0n) is 21.1. The zero-order valence-corrected chi connectivity index (χ0v) is 21.1. The molecule has 2 heteroatoms. The van der Waals surface area contributed by atoms with E-state index in [0.717, 1.165) is 39.4 Å². The molecule has 0 aliphatic carbocycles. The van der Waals surface area contributed by atoms with Gasteiger partial charge in [-0.1, -0.05) is 96.6 Å². The molecule has 0 unspecified atom stereocenters. The number of pyridine rings is 1. The fraction of sp³-hybridized carbons (Fsp3) is 0.0882. The van der Waals surface area contributed by atoms with Crippen LogP contribution >= 0.6 is 0 Å². The van der Waals surface area contributed by atoms with Gasteiger partial charge < -0.3 is 4.90 Å². The number of aryl methyl sites for hydroxylation is 1. The van der Waals surface area contributed by atoms with E-state index in [4.69, 9.17) is 4.98 Å². The van der Waals surface area contributed by atoms with Crippen LogP contribution in [0, 0.1) is 6.92 Å². The lowest BCUT2D eigenvalue weighted by atomic mass is 10.00. The van der Waals surface area contributed by atoms with Gasteiger partial charge in [-0.15, -0.1) is 0 Å². The Morgan fingerprint density at radius 2 is 1.28 bits per heavy atom. The van der Waals surface area contributed by atoms with Crippen LogP contribution in [0.3, 0.4) is 0 Å². The van der Waals surface area contributed by atoms with Crippen LogP contribution in [0.1, 0.15) is 19.4 Å². The number of hydrogen-bond acceptors (Lipinski definition) is 2. The lowest BCUT2D eigenvalue weighted by Crippen LogP contribution is -2.14. The molecule has 2 nitrogen and oxygen atoms in total. The van der Waals surface area contributed by atoms with Crippen LogP contribution in [0.5, 0.6) is 0 Å². The second kappa shape index (κ2) is 10.1. The van der Waals surface area contributed by atoms with Crippen LogP contribution in [0.2, 0.25) is 0 Å². The van der Waals surface area contributed by atoms with Gasteiger partial charge in [-0.05, 0) is 62.6 Å². The second-order valence-corrected chi connectivity index (χ2v) is 9.16. The number of fused-ring (bicyclic) bond motifs is 3. The van der Waals surface area contributed by atoms with Gasteiger partial charge in [0, 0.05) is 33.4 Å². The number of benzene rings is 4. The van der Waals surface area contributed by atoms with Gasteiger partial charge in [-0.3, -0.25) is 0 Å². The number of nitrogens with zero attached hydrogens (tertiary/aromatic N) is 2. The number of aromatic nitrogens is 1. The molecule has 5 aromatic rings. The molecule has 0 fully saturated rings. The molecule has 1 aromatic heterocycles. The molecular weight excluding hydrogens is 436 g/mol. The van der Waals surface area contributed by atoms with Gasteiger partial charge >= 0.3 is 0 Å². The summed E-state index contributed by atoms with van der Waals surface area (Å²) in [5.74, 6) is 0. The van der Waals surface area contributed by atoms with E-state index in [0.29, 0.717) is 0 Å². The first-order valence-electron chi connectivity index (χ1n) is 12.3. The molecular formula is C34H30N2. The Kier molecular flexibility index (Phi) is 6.51. The minimum atomic E-state index is 1.01. The number of anilines is 2. The molecule has 36 heavy (non-hydrogen) atoms. The van der Waals surface area contributed by atoms with Crippen LogP contribution in [0.4, 0.5) is 11.4 Å². The lowest BCUT2D eigenvalue weighted by molar-refractivity contribution is 1.15. The van der Waals surface area contributed by atoms with E-state index in [9.17, 15) is 0 Å². The smallest absolute Gasteiger partial charge is 0.0788 e. The first-order valence-corrected chi connectivity index (χ1v) is 12.3. The summed E-state index contributed by atoms with van der Waals surface area (Å²) in [6.07, 6.45) is 6.11. The molecule has 1 heterocycles. The second-order valence-electron chi connectivity index (χ2n) is 9.16. The summed E-state index contributed by atoms with van der Waals surface area (Å²) in [7, 11) is 0. The van der Waals surface area contributed by atoms with Crippen molar-refractivity contribution in [2.75, 3.05) is 4.90 Å². The van der Waals surface area contributed by atoms with Crippen molar-refractivity contribution in [1.82, 2.24) is 4.98 Å². The quantitative estimate of drug-likeness (QED) is 0.183. The standard InChI is InChI=1S/C34H30N2/c1-5-24(2)14-17-26(4)36(28-20-15-25(3)16-21-28)29-22-18-27(19-23-29)34-32-12-7-6-10-30(32)31-11-8-9-13-33(31)35-34/h5-23H,1H2,2-4H3/b24-14-,26-17+. The highest BCUT2D eigenvalue weighted by Crippen LogP contribution is 2.35. The Hall–Kier alpha value is -4.43. The predicted molar refractivity (Wildman–Crippen MR) is 156 cm³/mol. The van der Waals surface area contributed by atoms with E-state index in [1.165, 1.54) is 21.7 Å². The van der Waals surface area contributed by atoms with Crippen molar-refractivity contribution in [2.24, 2.45) is 0 Å². The largest absolute Gasteiger partial charge is 0.315 e. The van der Waals surface area contributed by atoms with E-state index >= 15 is 0 Å². The van der Waals surface area contributed by atoms with Gasteiger partial charge in [0.1, 0.15) is 0 Å². The van der Waals surface area contributed by atoms with E-state index in [-0.39, 0.29) is 0 Å². The first kappa shape index (κ1) is 23.3. The molecule has 5 rings (SSSR count). The van der Waals surface area contributed by atoms with Crippen molar-refractivity contribution in [3.63, 3.8) is 0 Å². The molecule has 0 aliphatic heterocycles. The summed E-state index contributed by atoms with van der Waals surface area (Å²) < 4.78 is 0. The topological polar surface area (TPSA) is 16.1 Å². The maximum absolute atomic E-state index is 5.07. The average Bonchev–Trinajstić information content (AvgIpc) is 2.93. The number of hydrogen-bond donors (Lipinski definition) is 0. The fourth-order valence-corrected chi connectivity index (χ4v) is 4.54. The first-order chi connectivity index (χ1) is 17.5. The van der Waals surface area contributed by atoms with Gasteiger partial charge in [0.15, 0.2) is 0 Å². The summed E-state index contributed by atoms with van der Waals surface area (Å²) in [6.45, 7) is 10.2. The molecule has 0 radical (unpaired) electrons. The van der Waals surface area contributed by atoms with Crippen LogP contribution in [-0.2, 0) is 0 Å². The van der Waals surface area contributed by atoms with Crippen molar-refractivity contribution in [2.45, 2.75) is 20.8 Å². The van der Waals surface area contributed by atoms with Crippen LogP contribution in [0.15, 0.2) is 133 Å². The molecule has 4 aromatic carbocycles. The van der Waals surface area contributed by atoms with Crippen LogP contribution < -0.4 is 4.90 Å². The summed E-state index contributed by atoms with van der Waals surface area (Å²) in [5.41, 5.74) is 8.85. The Morgan fingerprint density at radius 1 is 0.694 bits per heavy atom. The number of allylic oxidation sites excluding steroid dienone is 5. The molecule has 0 aliphatic rings. The van der Waals surface area contributed by atoms with Gasteiger partial charge in [-0.25, -0.2) is 4.98 Å². The molecule has 0 bridgehead atoms. The number of para-hydroxylation sites is 1. The highest BCUT2D eigenvalue weighted by molar-refractivity contribution is 6.10. The van der Waals surface area contributed by atoms with E-state index in [1.54, 1.807) is 0 Å². The SMILES string of the molecule is C=C/C(C)=C\C=C(/C)N(c1ccc(C)cc1)c1ccc(-c2nc3ccccc3c3ccccc23)cc1. The molecule has 0 spiro atoms. The van der Waals surface area contributed by atoms with Gasteiger partial charge in [0.25, 0.3) is 0 Å². The summed E-state index contributed by atoms with van der Waals surface area (Å²) in [4.78, 5) is 7.35. The van der Waals surface area contributed by atoms with Crippen molar-refractivity contribution in [1.29, 1.82) is 0 Å². The zero-order chi connectivity index (χ0) is 25.1. The van der Waals surface area contributed by atoms with E-state index in [2.05, 4.69) is 135 Å². The third-order valence-corrected chi connectivity index (χ3v) is 6.56. The predicted octanol–water partition coefficient (Wildman–Crippen LogP) is 9.54. The Bertz CT molecular complexity index is 1600. The maximum atomic E-state index is 5.07. The summed E-state index contributed by atoms with van der Waals surface area (Å²) >= 11 is 0. The van der Waals surface area contributed by atoms with Crippen molar-refractivity contribution >= 4 is 33.1 Å². The van der Waals surface area contributed by atoms with Gasteiger partial charge in [0.05, 0.1) is 11.2 Å². The monoisotopic (exact) mass is 466 g/mol. The van der Waals surface area contributed by atoms with Crippen molar-refractivity contribution < 1.29 is 0 Å². The average molecular weight is 467 g/mol. The van der Waals surface area contributed by atoms with Gasteiger partial charge in [0.2, 0.25) is 0 Å². The van der Waals surface area contributed by atoms with Crippen LogP contribution in [-0.4, -0.2) is 4.98 Å². The Balaban J connectivity index is 1.61. The normalized spacial score (nSPS) is 12.2. The summed E-state index contributed by atoms with van der Waals surface area (Å²) in [6, 6.07) is 34.3. The lowest BCUT2D eigenvalue weighted by Gasteiger charge is -2.26. The van der Waals surface area contributed by atoms with E-state index < -0.39 is 0 Å². The molecule has 0 saturated heterocycles. The van der Waals surface area contributed by atoms with Crippen molar-refractivity contribution in [3.05, 3.63) is 139 Å². The molecule has 0 saturated carbocycles. The maximum Gasteiger partial charge on any atom is 0.0788 e. The third-order valence-electron chi connectivity index (χ3n) is 6.56. The Labute approximate surface area is 213 Å². The third kappa shape index (κ3) is 4.58. The summed E-state index contributed by atoms with van der Waals surface area (Å²) in [5, 5.41) is 3.58. The Morgan fingerprint density at radius 3 is 1.94 bits per heavy atom. The minimum Gasteiger partial charge on any atom is -0.315 e. The molecule has 176 valence electrons. The molecule has 0 atom stereocenters. The number of rotatable bonds is 6. The van der Waals surface area contributed by atoms with E-state index in [1.807, 2.05) is 12.1 Å². The van der Waals surface area contributed by atoms with Gasteiger partial charge in [-0.2, -0.15) is 0 Å². The minimum absolute atomic E-state index is 1.01.